The van der Waals surface area contributed by atoms with Crippen molar-refractivity contribution >= 4 is 29.0 Å². The normalized spacial score (nSPS) is 12.2. The van der Waals surface area contributed by atoms with Gasteiger partial charge in [0.2, 0.25) is 5.91 Å². The molecule has 3 rings (SSSR count). The molecule has 0 spiro atoms. The average Bonchev–Trinajstić information content (AvgIpc) is 3.26. The molecular weight excluding hydrogens is 412 g/mol. The van der Waals surface area contributed by atoms with Crippen LogP contribution in [-0.4, -0.2) is 34.1 Å². The molecule has 2 aromatic carbocycles. The first-order chi connectivity index (χ1) is 14.7. The Morgan fingerprint density at radius 3 is 2.35 bits per heavy atom. The Kier molecular flexibility index (Phi) is 6.70. The van der Waals surface area contributed by atoms with E-state index in [9.17, 15) is 9.59 Å². The fourth-order valence-corrected chi connectivity index (χ4v) is 3.63. The molecule has 0 aliphatic carbocycles. The van der Waals surface area contributed by atoms with E-state index in [1.807, 2.05) is 64.1 Å². The number of methoxy groups -OCH3 is 1. The Hall–Kier alpha value is -3.26. The van der Waals surface area contributed by atoms with Crippen molar-refractivity contribution in [3.05, 3.63) is 70.7 Å². The van der Waals surface area contributed by atoms with Gasteiger partial charge in [-0.3, -0.25) is 14.5 Å². The largest absolute Gasteiger partial charge is 0.496 e. The highest BCUT2D eigenvalue weighted by atomic mass is 32.1. The van der Waals surface area contributed by atoms with E-state index in [4.69, 9.17) is 4.74 Å². The van der Waals surface area contributed by atoms with Crippen LogP contribution in [0, 0.1) is 6.92 Å². The number of ether oxygens (including phenoxy) is 1. The van der Waals surface area contributed by atoms with Crippen molar-refractivity contribution in [3.63, 3.8) is 0 Å². The highest BCUT2D eigenvalue weighted by Gasteiger charge is 2.37. The summed E-state index contributed by atoms with van der Waals surface area (Å²) >= 11 is 1.08. The van der Waals surface area contributed by atoms with Gasteiger partial charge in [-0.15, -0.1) is 5.10 Å². The number of nitrogens with one attached hydrogen (secondary N) is 1. The Morgan fingerprint density at radius 2 is 1.77 bits per heavy atom. The van der Waals surface area contributed by atoms with Crippen LogP contribution in [0.3, 0.4) is 0 Å². The van der Waals surface area contributed by atoms with Crippen LogP contribution in [0.1, 0.15) is 48.4 Å². The second kappa shape index (κ2) is 9.26. The van der Waals surface area contributed by atoms with Crippen LogP contribution in [-0.2, 0) is 4.79 Å². The van der Waals surface area contributed by atoms with Gasteiger partial charge >= 0.3 is 0 Å². The number of para-hydroxylation sites is 1. The molecule has 0 radical (unpaired) electrons. The zero-order valence-corrected chi connectivity index (χ0v) is 19.1. The Bertz CT molecular complexity index is 1040. The number of nitrogens with zero attached hydrogens (tertiary/aromatic N) is 3. The number of aryl methyl sites for hydroxylation is 1. The third kappa shape index (κ3) is 5.27. The molecule has 0 saturated carbocycles. The molecule has 0 aliphatic rings. The number of anilines is 1. The number of hydrogen-bond donors (Lipinski definition) is 1. The maximum atomic E-state index is 13.6. The summed E-state index contributed by atoms with van der Waals surface area (Å²) in [4.78, 5) is 28.6. The van der Waals surface area contributed by atoms with Crippen molar-refractivity contribution in [2.24, 2.45) is 0 Å². The Morgan fingerprint density at radius 1 is 1.10 bits per heavy atom. The van der Waals surface area contributed by atoms with Gasteiger partial charge < -0.3 is 10.1 Å². The monoisotopic (exact) mass is 438 g/mol. The Labute approximate surface area is 186 Å². The molecule has 0 bridgehead atoms. The SMILES string of the molecule is COc1ccccc1C(C(=O)NC(C)(C)C)N(C(=O)c1csnn1)c1ccc(C)cc1. The van der Waals surface area contributed by atoms with Gasteiger partial charge in [0.25, 0.3) is 5.91 Å². The van der Waals surface area contributed by atoms with Crippen molar-refractivity contribution in [1.29, 1.82) is 0 Å². The number of rotatable bonds is 6. The zero-order valence-electron chi connectivity index (χ0n) is 18.2. The first-order valence-corrected chi connectivity index (χ1v) is 10.7. The first-order valence-electron chi connectivity index (χ1n) is 9.83. The predicted octanol–water partition coefficient (Wildman–Crippen LogP) is 4.16. The summed E-state index contributed by atoms with van der Waals surface area (Å²) in [5.41, 5.74) is 1.86. The lowest BCUT2D eigenvalue weighted by Gasteiger charge is -2.34. The molecule has 7 nitrogen and oxygen atoms in total. The van der Waals surface area contributed by atoms with Gasteiger partial charge in [0.15, 0.2) is 5.69 Å². The number of amides is 2. The smallest absolute Gasteiger partial charge is 0.280 e. The van der Waals surface area contributed by atoms with Gasteiger partial charge in [0.1, 0.15) is 11.8 Å². The number of benzene rings is 2. The molecule has 8 heteroatoms. The standard InChI is InChI=1S/C23H26N4O3S/c1-15-10-12-16(13-11-15)27(22(29)18-14-31-26-25-18)20(21(28)24-23(2,3)4)17-8-6-7-9-19(17)30-5/h6-14,20H,1-5H3,(H,24,28). The van der Waals surface area contributed by atoms with Gasteiger partial charge in [-0.05, 0) is 57.4 Å². The van der Waals surface area contributed by atoms with E-state index in [0.29, 0.717) is 17.0 Å². The van der Waals surface area contributed by atoms with Crippen LogP contribution in [0.25, 0.3) is 0 Å². The van der Waals surface area contributed by atoms with Crippen LogP contribution >= 0.6 is 11.5 Å². The van der Waals surface area contributed by atoms with E-state index >= 15 is 0 Å². The van der Waals surface area contributed by atoms with Gasteiger partial charge in [0.05, 0.1) is 7.11 Å². The summed E-state index contributed by atoms with van der Waals surface area (Å²) in [7, 11) is 1.54. The van der Waals surface area contributed by atoms with E-state index < -0.39 is 17.5 Å². The lowest BCUT2D eigenvalue weighted by molar-refractivity contribution is -0.123. The van der Waals surface area contributed by atoms with E-state index in [1.54, 1.807) is 24.6 Å². The molecular formula is C23H26N4O3S. The molecule has 0 aliphatic heterocycles. The van der Waals surface area contributed by atoms with Crippen LogP contribution in [0.4, 0.5) is 5.69 Å². The van der Waals surface area contributed by atoms with E-state index in [2.05, 4.69) is 14.9 Å². The van der Waals surface area contributed by atoms with Gasteiger partial charge in [-0.1, -0.05) is 40.4 Å². The minimum absolute atomic E-state index is 0.175. The van der Waals surface area contributed by atoms with E-state index in [-0.39, 0.29) is 11.6 Å². The second-order valence-corrected chi connectivity index (χ2v) is 8.79. The van der Waals surface area contributed by atoms with Crippen molar-refractivity contribution < 1.29 is 14.3 Å². The van der Waals surface area contributed by atoms with Crippen molar-refractivity contribution in [2.45, 2.75) is 39.3 Å². The summed E-state index contributed by atoms with van der Waals surface area (Å²) < 4.78 is 9.36. The number of hydrogen-bond acceptors (Lipinski definition) is 6. The van der Waals surface area contributed by atoms with Gasteiger partial charge in [-0.2, -0.15) is 0 Å². The molecule has 3 aromatic rings. The maximum absolute atomic E-state index is 13.6. The van der Waals surface area contributed by atoms with Crippen LogP contribution in [0.15, 0.2) is 53.9 Å². The molecule has 31 heavy (non-hydrogen) atoms. The number of carbonyl (C=O) groups is 2. The summed E-state index contributed by atoms with van der Waals surface area (Å²) in [5.74, 6) is -0.232. The summed E-state index contributed by atoms with van der Waals surface area (Å²) in [5, 5.41) is 8.53. The zero-order chi connectivity index (χ0) is 22.6. The third-order valence-corrected chi connectivity index (χ3v) is 5.05. The Balaban J connectivity index is 2.22. The van der Waals surface area contributed by atoms with Crippen LogP contribution in [0.5, 0.6) is 5.75 Å². The highest BCUT2D eigenvalue weighted by Crippen LogP contribution is 2.35. The third-order valence-electron chi connectivity index (χ3n) is 4.55. The number of aromatic nitrogens is 2. The van der Waals surface area contributed by atoms with Crippen molar-refractivity contribution in [3.8, 4) is 5.75 Å². The molecule has 162 valence electrons. The highest BCUT2D eigenvalue weighted by molar-refractivity contribution is 7.03. The maximum Gasteiger partial charge on any atom is 0.280 e. The lowest BCUT2D eigenvalue weighted by atomic mass is 9.99. The quantitative estimate of drug-likeness (QED) is 0.625. The lowest BCUT2D eigenvalue weighted by Crippen LogP contribution is -2.49. The molecule has 2 amide bonds. The van der Waals surface area contributed by atoms with E-state index in [0.717, 1.165) is 17.1 Å². The average molecular weight is 439 g/mol. The van der Waals surface area contributed by atoms with Gasteiger partial charge in [-0.25, -0.2) is 0 Å². The molecule has 1 heterocycles. The minimum atomic E-state index is -0.979. The van der Waals surface area contributed by atoms with E-state index in [1.165, 1.54) is 4.90 Å². The second-order valence-electron chi connectivity index (χ2n) is 8.18. The van der Waals surface area contributed by atoms with Crippen LogP contribution < -0.4 is 15.0 Å². The minimum Gasteiger partial charge on any atom is -0.496 e. The summed E-state index contributed by atoms with van der Waals surface area (Å²) in [6.07, 6.45) is 0. The summed E-state index contributed by atoms with van der Waals surface area (Å²) in [6.45, 7) is 7.65. The van der Waals surface area contributed by atoms with Gasteiger partial charge in [0, 0.05) is 22.2 Å². The summed E-state index contributed by atoms with van der Waals surface area (Å²) in [6, 6.07) is 13.7. The molecule has 1 unspecified atom stereocenters. The molecule has 1 N–H and O–H groups in total. The molecule has 1 aromatic heterocycles. The topological polar surface area (TPSA) is 84.4 Å². The molecule has 1 atom stereocenters. The fraction of sp³-hybridized carbons (Fsp3) is 0.304. The predicted molar refractivity (Wildman–Crippen MR) is 122 cm³/mol. The first kappa shape index (κ1) is 22.4. The number of carbonyl (C=O) groups excluding carboxylic acids is 2. The van der Waals surface area contributed by atoms with Crippen LogP contribution in [0.2, 0.25) is 0 Å². The molecule has 0 saturated heterocycles. The molecule has 0 fully saturated rings. The fourth-order valence-electron chi connectivity index (χ4n) is 3.20. The van der Waals surface area contributed by atoms with Crippen molar-refractivity contribution in [2.75, 3.05) is 12.0 Å². The van der Waals surface area contributed by atoms with Crippen molar-refractivity contribution in [1.82, 2.24) is 14.9 Å².